The molecule has 28 heavy (non-hydrogen) atoms. The van der Waals surface area contributed by atoms with E-state index in [1.54, 1.807) is 11.1 Å². The van der Waals surface area contributed by atoms with Crippen LogP contribution in [-0.4, -0.2) is 33.5 Å². The first-order valence-electron chi connectivity index (χ1n) is 9.93. The normalized spacial score (nSPS) is 19.9. The zero-order valence-electron chi connectivity index (χ0n) is 15.8. The predicted molar refractivity (Wildman–Crippen MR) is 111 cm³/mol. The van der Waals surface area contributed by atoms with Crippen molar-refractivity contribution in [2.24, 2.45) is 5.92 Å². The van der Waals surface area contributed by atoms with Crippen molar-refractivity contribution in [3.05, 3.63) is 54.4 Å². The van der Waals surface area contributed by atoms with Gasteiger partial charge in [0.15, 0.2) is 0 Å². The number of benzene rings is 1. The van der Waals surface area contributed by atoms with Crippen molar-refractivity contribution >= 4 is 29.3 Å². The number of thioether (sulfide) groups is 1. The Morgan fingerprint density at radius 2 is 1.93 bits per heavy atom. The number of aromatic nitrogens is 1. The lowest BCUT2D eigenvalue weighted by atomic mass is 10.1. The molecule has 5 nitrogen and oxygen atoms in total. The summed E-state index contributed by atoms with van der Waals surface area (Å²) in [6.07, 6.45) is 7.06. The number of likely N-dealkylation sites (tertiary alicyclic amines) is 1. The van der Waals surface area contributed by atoms with Gasteiger partial charge < -0.3 is 10.2 Å². The Morgan fingerprint density at radius 1 is 1.14 bits per heavy atom. The molecule has 2 aliphatic rings. The van der Waals surface area contributed by atoms with Crippen molar-refractivity contribution in [2.45, 2.75) is 48.8 Å². The Morgan fingerprint density at radius 3 is 2.71 bits per heavy atom. The van der Waals surface area contributed by atoms with Crippen molar-refractivity contribution in [3.63, 3.8) is 0 Å². The number of rotatable bonds is 6. The molecule has 0 spiro atoms. The highest BCUT2D eigenvalue weighted by atomic mass is 32.2. The quantitative estimate of drug-likeness (QED) is 0.800. The zero-order chi connectivity index (χ0) is 19.3. The zero-order valence-corrected chi connectivity index (χ0v) is 16.7. The summed E-state index contributed by atoms with van der Waals surface area (Å²) < 4.78 is 0. The third-order valence-corrected chi connectivity index (χ3v) is 6.82. The van der Waals surface area contributed by atoms with Gasteiger partial charge in [-0.1, -0.05) is 31.0 Å². The third kappa shape index (κ3) is 4.55. The van der Waals surface area contributed by atoms with E-state index < -0.39 is 0 Å². The molecule has 2 aromatic rings. The van der Waals surface area contributed by atoms with Gasteiger partial charge in [0.05, 0.1) is 23.8 Å². The summed E-state index contributed by atoms with van der Waals surface area (Å²) in [4.78, 5) is 32.3. The Bertz CT molecular complexity index is 837. The van der Waals surface area contributed by atoms with Crippen molar-refractivity contribution in [1.29, 1.82) is 0 Å². The van der Waals surface area contributed by atoms with E-state index in [-0.39, 0.29) is 24.2 Å². The van der Waals surface area contributed by atoms with E-state index in [2.05, 4.69) is 16.4 Å². The molecule has 2 heterocycles. The molecular formula is C22H25N3O2S. The minimum atomic E-state index is -0.319. The van der Waals surface area contributed by atoms with Gasteiger partial charge in [-0.15, -0.1) is 11.8 Å². The molecule has 2 amide bonds. The molecule has 1 unspecified atom stereocenters. The number of nitrogens with one attached hydrogen (secondary N) is 1. The van der Waals surface area contributed by atoms with Gasteiger partial charge in [0.25, 0.3) is 0 Å². The van der Waals surface area contributed by atoms with Gasteiger partial charge >= 0.3 is 0 Å². The maximum Gasteiger partial charge on any atom is 0.229 e. The molecule has 1 atom stereocenters. The van der Waals surface area contributed by atoms with Crippen molar-refractivity contribution < 1.29 is 9.59 Å². The Kier molecular flexibility index (Phi) is 5.95. The van der Waals surface area contributed by atoms with Crippen LogP contribution >= 0.6 is 11.8 Å². The first-order chi connectivity index (χ1) is 13.7. The third-order valence-electron chi connectivity index (χ3n) is 5.41. The standard InChI is InChI=1S/C22H25N3O2S/c26-21-13-16(14-25(21)15-17-7-5-6-12-23-17)22(27)24-19-10-3-4-11-20(19)28-18-8-1-2-9-18/h3-7,10-12,16,18H,1-2,8-9,13-15H2,(H,24,27). The number of hydrogen-bond donors (Lipinski definition) is 1. The first-order valence-corrected chi connectivity index (χ1v) is 10.8. The number of hydrogen-bond acceptors (Lipinski definition) is 4. The Labute approximate surface area is 169 Å². The van der Waals surface area contributed by atoms with Crippen LogP contribution in [-0.2, 0) is 16.1 Å². The Balaban J connectivity index is 1.38. The molecule has 1 saturated heterocycles. The second kappa shape index (κ2) is 8.78. The molecule has 1 aliphatic heterocycles. The van der Waals surface area contributed by atoms with Crippen LogP contribution in [0.15, 0.2) is 53.6 Å². The molecule has 0 bridgehead atoms. The topological polar surface area (TPSA) is 62.3 Å². The summed E-state index contributed by atoms with van der Waals surface area (Å²) >= 11 is 1.86. The maximum atomic E-state index is 12.8. The van der Waals surface area contributed by atoms with E-state index in [9.17, 15) is 9.59 Å². The molecule has 1 aliphatic carbocycles. The van der Waals surface area contributed by atoms with E-state index >= 15 is 0 Å². The minimum Gasteiger partial charge on any atom is -0.336 e. The fraction of sp³-hybridized carbons (Fsp3) is 0.409. The monoisotopic (exact) mass is 395 g/mol. The number of pyridine rings is 1. The largest absolute Gasteiger partial charge is 0.336 e. The lowest BCUT2D eigenvalue weighted by Gasteiger charge is -2.17. The van der Waals surface area contributed by atoms with Crippen LogP contribution in [0, 0.1) is 5.92 Å². The summed E-state index contributed by atoms with van der Waals surface area (Å²) in [6.45, 7) is 0.900. The number of carbonyl (C=O) groups is 2. The van der Waals surface area contributed by atoms with Crippen molar-refractivity contribution in [2.75, 3.05) is 11.9 Å². The highest BCUT2D eigenvalue weighted by Crippen LogP contribution is 2.38. The van der Waals surface area contributed by atoms with Crippen molar-refractivity contribution in [3.8, 4) is 0 Å². The van der Waals surface area contributed by atoms with Gasteiger partial charge in [0.1, 0.15) is 0 Å². The molecule has 1 N–H and O–H groups in total. The SMILES string of the molecule is O=C(Nc1ccccc1SC1CCCC1)C1CC(=O)N(Cc2ccccn2)C1. The van der Waals surface area contributed by atoms with Gasteiger partial charge in [-0.25, -0.2) is 0 Å². The molecule has 6 heteroatoms. The van der Waals surface area contributed by atoms with E-state index in [1.807, 2.05) is 48.2 Å². The first kappa shape index (κ1) is 19.0. The van der Waals surface area contributed by atoms with Gasteiger partial charge in [-0.05, 0) is 37.1 Å². The maximum absolute atomic E-state index is 12.8. The molecule has 1 saturated carbocycles. The van der Waals surface area contributed by atoms with Gasteiger partial charge in [0.2, 0.25) is 11.8 Å². The lowest BCUT2D eigenvalue weighted by Crippen LogP contribution is -2.28. The molecule has 146 valence electrons. The fourth-order valence-electron chi connectivity index (χ4n) is 3.88. The summed E-state index contributed by atoms with van der Waals surface area (Å²) in [5.74, 6) is -0.378. The van der Waals surface area contributed by atoms with Gasteiger partial charge in [0, 0.05) is 29.3 Å². The van der Waals surface area contributed by atoms with Crippen LogP contribution in [0.4, 0.5) is 5.69 Å². The van der Waals surface area contributed by atoms with E-state index in [0.29, 0.717) is 18.3 Å². The summed E-state index contributed by atoms with van der Waals surface area (Å²) in [7, 11) is 0. The highest BCUT2D eigenvalue weighted by Gasteiger charge is 2.34. The van der Waals surface area contributed by atoms with E-state index in [1.165, 1.54) is 25.7 Å². The average molecular weight is 396 g/mol. The number of para-hydroxylation sites is 1. The van der Waals surface area contributed by atoms with Crippen LogP contribution in [0.3, 0.4) is 0 Å². The molecule has 2 fully saturated rings. The van der Waals surface area contributed by atoms with Crippen LogP contribution in [0.1, 0.15) is 37.8 Å². The molecule has 0 radical (unpaired) electrons. The summed E-state index contributed by atoms with van der Waals surface area (Å²) in [5.41, 5.74) is 1.70. The fourth-order valence-corrected chi connectivity index (χ4v) is 5.21. The summed E-state index contributed by atoms with van der Waals surface area (Å²) in [6, 6.07) is 13.7. The molecular weight excluding hydrogens is 370 g/mol. The van der Waals surface area contributed by atoms with Gasteiger partial charge in [-0.3, -0.25) is 14.6 Å². The number of amides is 2. The molecule has 1 aromatic carbocycles. The van der Waals surface area contributed by atoms with E-state index in [0.717, 1.165) is 16.3 Å². The highest BCUT2D eigenvalue weighted by molar-refractivity contribution is 8.00. The predicted octanol–water partition coefficient (Wildman–Crippen LogP) is 4.10. The second-order valence-electron chi connectivity index (χ2n) is 7.51. The lowest BCUT2D eigenvalue weighted by molar-refractivity contribution is -0.128. The molecule has 1 aromatic heterocycles. The van der Waals surface area contributed by atoms with Gasteiger partial charge in [-0.2, -0.15) is 0 Å². The summed E-state index contributed by atoms with van der Waals surface area (Å²) in [5, 5.41) is 3.72. The van der Waals surface area contributed by atoms with E-state index in [4.69, 9.17) is 0 Å². The van der Waals surface area contributed by atoms with Crippen LogP contribution in [0.25, 0.3) is 0 Å². The van der Waals surface area contributed by atoms with Crippen LogP contribution < -0.4 is 5.32 Å². The smallest absolute Gasteiger partial charge is 0.229 e. The number of carbonyl (C=O) groups excluding carboxylic acids is 2. The molecule has 4 rings (SSSR count). The number of nitrogens with zero attached hydrogens (tertiary/aromatic N) is 2. The van der Waals surface area contributed by atoms with Crippen LogP contribution in [0.2, 0.25) is 0 Å². The van der Waals surface area contributed by atoms with Crippen LogP contribution in [0.5, 0.6) is 0 Å². The number of anilines is 1. The average Bonchev–Trinajstić information content (AvgIpc) is 3.34. The Hall–Kier alpha value is -2.34. The minimum absolute atomic E-state index is 0.0134. The van der Waals surface area contributed by atoms with Crippen molar-refractivity contribution in [1.82, 2.24) is 9.88 Å². The second-order valence-corrected chi connectivity index (χ2v) is 8.85.